The van der Waals surface area contributed by atoms with E-state index in [0.717, 1.165) is 37.0 Å². The van der Waals surface area contributed by atoms with E-state index < -0.39 is 0 Å². The van der Waals surface area contributed by atoms with Crippen LogP contribution in [0.25, 0.3) is 0 Å². The van der Waals surface area contributed by atoms with Crippen molar-refractivity contribution in [3.8, 4) is 0 Å². The number of aromatic nitrogens is 2. The number of nitrogens with zero attached hydrogens (tertiary/aromatic N) is 2. The molecule has 0 aliphatic heterocycles. The van der Waals surface area contributed by atoms with Gasteiger partial charge in [-0.05, 0) is 46.2 Å². The summed E-state index contributed by atoms with van der Waals surface area (Å²) in [7, 11) is 1.97. The third-order valence-corrected chi connectivity index (χ3v) is 3.20. The molecule has 18 heavy (non-hydrogen) atoms. The van der Waals surface area contributed by atoms with Crippen LogP contribution in [0.3, 0.4) is 0 Å². The number of hydrogen-bond acceptors (Lipinski definition) is 5. The summed E-state index contributed by atoms with van der Waals surface area (Å²) in [6.07, 6.45) is 4.93. The lowest BCUT2D eigenvalue weighted by Gasteiger charge is -2.27. The molecule has 0 spiro atoms. The standard InChI is InChI=1S/C13H23N5/c1-10-16-12(15-8-4-7-14-2)9-13(17-10)18-11-5-3-6-11/h9,11,14H,3-8H2,1-2H3,(H2,15,16,17,18). The molecular formula is C13H23N5. The Bertz CT molecular complexity index is 376. The molecule has 1 saturated carbocycles. The minimum Gasteiger partial charge on any atom is -0.370 e. The Morgan fingerprint density at radius 3 is 2.67 bits per heavy atom. The predicted octanol–water partition coefficient (Wildman–Crippen LogP) is 1.77. The molecule has 0 radical (unpaired) electrons. The first-order valence-corrected chi connectivity index (χ1v) is 6.78. The Balaban J connectivity index is 1.88. The van der Waals surface area contributed by atoms with Gasteiger partial charge in [-0.1, -0.05) is 0 Å². The van der Waals surface area contributed by atoms with Gasteiger partial charge in [-0.15, -0.1) is 0 Å². The molecular weight excluding hydrogens is 226 g/mol. The summed E-state index contributed by atoms with van der Waals surface area (Å²) in [6, 6.07) is 2.61. The van der Waals surface area contributed by atoms with E-state index in [1.165, 1.54) is 19.3 Å². The van der Waals surface area contributed by atoms with E-state index in [9.17, 15) is 0 Å². The second kappa shape index (κ2) is 6.54. The van der Waals surface area contributed by atoms with Gasteiger partial charge < -0.3 is 16.0 Å². The average molecular weight is 249 g/mol. The Kier molecular flexibility index (Phi) is 4.75. The van der Waals surface area contributed by atoms with Crippen molar-refractivity contribution in [2.24, 2.45) is 0 Å². The lowest BCUT2D eigenvalue weighted by atomic mass is 9.93. The van der Waals surface area contributed by atoms with Crippen molar-refractivity contribution >= 4 is 11.6 Å². The maximum Gasteiger partial charge on any atom is 0.132 e. The van der Waals surface area contributed by atoms with Crippen LogP contribution in [0.1, 0.15) is 31.5 Å². The third-order valence-electron chi connectivity index (χ3n) is 3.20. The van der Waals surface area contributed by atoms with E-state index in [1.807, 2.05) is 20.0 Å². The van der Waals surface area contributed by atoms with Crippen molar-refractivity contribution in [1.82, 2.24) is 15.3 Å². The Morgan fingerprint density at radius 2 is 2.00 bits per heavy atom. The highest BCUT2D eigenvalue weighted by atomic mass is 15.1. The fraction of sp³-hybridized carbons (Fsp3) is 0.692. The van der Waals surface area contributed by atoms with Crippen molar-refractivity contribution in [3.63, 3.8) is 0 Å². The van der Waals surface area contributed by atoms with E-state index in [1.54, 1.807) is 0 Å². The molecule has 5 heteroatoms. The number of anilines is 2. The van der Waals surface area contributed by atoms with Crippen molar-refractivity contribution in [1.29, 1.82) is 0 Å². The van der Waals surface area contributed by atoms with Crippen LogP contribution in [-0.2, 0) is 0 Å². The first-order chi connectivity index (χ1) is 8.78. The molecule has 0 bridgehead atoms. The number of rotatable bonds is 7. The molecule has 0 aromatic carbocycles. The van der Waals surface area contributed by atoms with E-state index in [2.05, 4.69) is 25.9 Å². The molecule has 1 aromatic heterocycles. The van der Waals surface area contributed by atoms with Crippen LogP contribution in [0, 0.1) is 6.92 Å². The molecule has 0 atom stereocenters. The highest BCUT2D eigenvalue weighted by Gasteiger charge is 2.17. The minimum absolute atomic E-state index is 0.608. The average Bonchev–Trinajstić information content (AvgIpc) is 2.29. The van der Waals surface area contributed by atoms with Gasteiger partial charge in [0.15, 0.2) is 0 Å². The Hall–Kier alpha value is -1.36. The van der Waals surface area contributed by atoms with Crippen LogP contribution < -0.4 is 16.0 Å². The van der Waals surface area contributed by atoms with Gasteiger partial charge in [0.2, 0.25) is 0 Å². The SMILES string of the molecule is CNCCCNc1cc(NC2CCC2)nc(C)n1. The summed E-state index contributed by atoms with van der Waals surface area (Å²) in [5.74, 6) is 2.68. The maximum atomic E-state index is 4.43. The summed E-state index contributed by atoms with van der Waals surface area (Å²) in [4.78, 5) is 8.83. The van der Waals surface area contributed by atoms with Crippen molar-refractivity contribution in [2.75, 3.05) is 30.8 Å². The lowest BCUT2D eigenvalue weighted by Crippen LogP contribution is -2.27. The van der Waals surface area contributed by atoms with Gasteiger partial charge in [-0.3, -0.25) is 0 Å². The van der Waals surface area contributed by atoms with Gasteiger partial charge in [0.1, 0.15) is 17.5 Å². The monoisotopic (exact) mass is 249 g/mol. The zero-order valence-corrected chi connectivity index (χ0v) is 11.3. The fourth-order valence-corrected chi connectivity index (χ4v) is 1.98. The van der Waals surface area contributed by atoms with Crippen LogP contribution in [0.2, 0.25) is 0 Å². The van der Waals surface area contributed by atoms with Crippen LogP contribution in [0.5, 0.6) is 0 Å². The Morgan fingerprint density at radius 1 is 1.22 bits per heavy atom. The summed E-state index contributed by atoms with van der Waals surface area (Å²) in [5, 5.41) is 9.93. The zero-order valence-electron chi connectivity index (χ0n) is 11.3. The highest BCUT2D eigenvalue weighted by molar-refractivity contribution is 5.48. The first kappa shape index (κ1) is 13.1. The molecule has 1 aliphatic rings. The molecule has 100 valence electrons. The van der Waals surface area contributed by atoms with E-state index in [0.29, 0.717) is 6.04 Å². The van der Waals surface area contributed by atoms with Gasteiger partial charge in [-0.25, -0.2) is 9.97 Å². The fourth-order valence-electron chi connectivity index (χ4n) is 1.98. The number of aryl methyl sites for hydroxylation is 1. The largest absolute Gasteiger partial charge is 0.370 e. The summed E-state index contributed by atoms with van der Waals surface area (Å²) in [5.41, 5.74) is 0. The van der Waals surface area contributed by atoms with Gasteiger partial charge in [0.25, 0.3) is 0 Å². The molecule has 5 nitrogen and oxygen atoms in total. The predicted molar refractivity (Wildman–Crippen MR) is 75.1 cm³/mol. The van der Waals surface area contributed by atoms with Gasteiger partial charge in [0.05, 0.1) is 0 Å². The van der Waals surface area contributed by atoms with Crippen molar-refractivity contribution in [3.05, 3.63) is 11.9 Å². The molecule has 1 aromatic rings. The maximum absolute atomic E-state index is 4.43. The number of hydrogen-bond donors (Lipinski definition) is 3. The molecule has 1 aliphatic carbocycles. The quantitative estimate of drug-likeness (QED) is 0.643. The zero-order chi connectivity index (χ0) is 12.8. The van der Waals surface area contributed by atoms with Crippen LogP contribution in [-0.4, -0.2) is 36.1 Å². The smallest absolute Gasteiger partial charge is 0.132 e. The third kappa shape index (κ3) is 3.84. The normalized spacial score (nSPS) is 15.2. The van der Waals surface area contributed by atoms with Gasteiger partial charge in [-0.2, -0.15) is 0 Å². The van der Waals surface area contributed by atoms with E-state index in [4.69, 9.17) is 0 Å². The van der Waals surface area contributed by atoms with Crippen LogP contribution in [0.15, 0.2) is 6.07 Å². The van der Waals surface area contributed by atoms with Gasteiger partial charge in [0, 0.05) is 18.7 Å². The topological polar surface area (TPSA) is 61.9 Å². The molecule has 0 unspecified atom stereocenters. The molecule has 0 amide bonds. The van der Waals surface area contributed by atoms with E-state index >= 15 is 0 Å². The molecule has 1 heterocycles. The summed E-state index contributed by atoms with van der Waals surface area (Å²) < 4.78 is 0. The first-order valence-electron chi connectivity index (χ1n) is 6.78. The number of nitrogens with one attached hydrogen (secondary N) is 3. The molecule has 0 saturated heterocycles. The second-order valence-electron chi connectivity index (χ2n) is 4.84. The van der Waals surface area contributed by atoms with Crippen molar-refractivity contribution < 1.29 is 0 Å². The van der Waals surface area contributed by atoms with Crippen LogP contribution >= 0.6 is 0 Å². The lowest BCUT2D eigenvalue weighted by molar-refractivity contribution is 0.444. The van der Waals surface area contributed by atoms with E-state index in [-0.39, 0.29) is 0 Å². The minimum atomic E-state index is 0.608. The molecule has 3 N–H and O–H groups in total. The molecule has 1 fully saturated rings. The van der Waals surface area contributed by atoms with Gasteiger partial charge >= 0.3 is 0 Å². The molecule has 2 rings (SSSR count). The summed E-state index contributed by atoms with van der Waals surface area (Å²) >= 11 is 0. The second-order valence-corrected chi connectivity index (χ2v) is 4.84. The summed E-state index contributed by atoms with van der Waals surface area (Å²) in [6.45, 7) is 3.88. The highest BCUT2D eigenvalue weighted by Crippen LogP contribution is 2.23. The van der Waals surface area contributed by atoms with Crippen molar-refractivity contribution in [2.45, 2.75) is 38.6 Å². The Labute approximate surface area is 109 Å². The van der Waals surface area contributed by atoms with Crippen LogP contribution in [0.4, 0.5) is 11.6 Å².